The maximum absolute atomic E-state index is 5.21. The molecule has 3 nitrogen and oxygen atoms in total. The third-order valence-electron chi connectivity index (χ3n) is 1.59. The van der Waals surface area contributed by atoms with E-state index in [1.54, 1.807) is 0 Å². The van der Waals surface area contributed by atoms with Gasteiger partial charge in [0.05, 0.1) is 6.10 Å². The molecule has 1 saturated heterocycles. The van der Waals surface area contributed by atoms with E-state index in [2.05, 4.69) is 5.43 Å². The number of ether oxygens (including phenoxy) is 1. The maximum atomic E-state index is 5.21. The molecular weight excluding hydrogens is 104 g/mol. The van der Waals surface area contributed by atoms with E-state index in [4.69, 9.17) is 10.6 Å². The Labute approximate surface area is 49.2 Å². The average Bonchev–Trinajstić information content (AvgIpc) is 2.14. The zero-order chi connectivity index (χ0) is 5.98. The summed E-state index contributed by atoms with van der Waals surface area (Å²) in [6.07, 6.45) is 1.33. The molecule has 0 aromatic carbocycles. The first-order valence-electron chi connectivity index (χ1n) is 2.92. The average molecular weight is 116 g/mol. The van der Waals surface area contributed by atoms with Crippen LogP contribution >= 0.6 is 0 Å². The quantitative estimate of drug-likeness (QED) is 0.363. The minimum atomic E-state index is 0.292. The molecular formula is C5H12N2O. The highest BCUT2D eigenvalue weighted by molar-refractivity contribution is 4.76. The Hall–Kier alpha value is -0.120. The first kappa shape index (κ1) is 6.01. The number of nitrogens with two attached hydrogens (primary N) is 1. The second-order valence-electron chi connectivity index (χ2n) is 2.14. The summed E-state index contributed by atoms with van der Waals surface area (Å²) in [5.41, 5.74) is 2.69. The first-order valence-corrected chi connectivity index (χ1v) is 2.92. The van der Waals surface area contributed by atoms with Crippen molar-refractivity contribution in [3.8, 4) is 0 Å². The van der Waals surface area contributed by atoms with Gasteiger partial charge in [-0.15, -0.1) is 0 Å². The summed E-state index contributed by atoms with van der Waals surface area (Å²) in [5, 5.41) is 0. The lowest BCUT2D eigenvalue weighted by molar-refractivity contribution is 0.113. The minimum Gasteiger partial charge on any atom is -0.377 e. The van der Waals surface area contributed by atoms with Gasteiger partial charge in [0.1, 0.15) is 0 Å². The molecule has 0 aliphatic carbocycles. The number of rotatable bonds is 1. The topological polar surface area (TPSA) is 47.3 Å². The molecule has 0 radical (unpaired) electrons. The van der Waals surface area contributed by atoms with Crippen molar-refractivity contribution < 1.29 is 4.74 Å². The van der Waals surface area contributed by atoms with Gasteiger partial charge < -0.3 is 4.74 Å². The van der Waals surface area contributed by atoms with Crippen LogP contribution in [-0.2, 0) is 4.74 Å². The molecule has 1 heterocycles. The van der Waals surface area contributed by atoms with Crippen LogP contribution < -0.4 is 11.3 Å². The summed E-state index contributed by atoms with van der Waals surface area (Å²) < 4.78 is 5.21. The molecule has 3 N–H and O–H groups in total. The monoisotopic (exact) mass is 116 g/mol. The van der Waals surface area contributed by atoms with Crippen LogP contribution in [0, 0.1) is 0 Å². The molecule has 0 aromatic heterocycles. The van der Waals surface area contributed by atoms with Gasteiger partial charge in [-0.25, -0.2) is 0 Å². The molecule has 0 bridgehead atoms. The molecule has 1 rings (SSSR count). The second kappa shape index (κ2) is 2.44. The van der Waals surface area contributed by atoms with Gasteiger partial charge in [0, 0.05) is 12.6 Å². The SMILES string of the molecule is C[C@@H]1OCC[C@H]1NN. The molecule has 1 aliphatic heterocycles. The van der Waals surface area contributed by atoms with E-state index in [9.17, 15) is 0 Å². The molecule has 0 amide bonds. The lowest BCUT2D eigenvalue weighted by Gasteiger charge is -2.10. The molecule has 0 unspecified atom stereocenters. The van der Waals surface area contributed by atoms with Crippen molar-refractivity contribution in [2.75, 3.05) is 6.61 Å². The predicted octanol–water partition coefficient (Wildman–Crippen LogP) is -0.373. The van der Waals surface area contributed by atoms with Crippen LogP contribution in [0.1, 0.15) is 13.3 Å². The lowest BCUT2D eigenvalue weighted by Crippen LogP contribution is -2.39. The summed E-state index contributed by atoms with van der Waals surface area (Å²) >= 11 is 0. The van der Waals surface area contributed by atoms with Crippen molar-refractivity contribution in [2.24, 2.45) is 5.84 Å². The van der Waals surface area contributed by atoms with Crippen LogP contribution in [0.5, 0.6) is 0 Å². The van der Waals surface area contributed by atoms with Crippen LogP contribution in [0.2, 0.25) is 0 Å². The van der Waals surface area contributed by atoms with Gasteiger partial charge >= 0.3 is 0 Å². The Morgan fingerprint density at radius 3 is 2.75 bits per heavy atom. The Morgan fingerprint density at radius 2 is 2.50 bits per heavy atom. The van der Waals surface area contributed by atoms with Gasteiger partial charge in [-0.05, 0) is 13.3 Å². The molecule has 0 aromatic rings. The van der Waals surface area contributed by atoms with Gasteiger partial charge in [-0.2, -0.15) is 0 Å². The number of hydrogen-bond acceptors (Lipinski definition) is 3. The third-order valence-corrected chi connectivity index (χ3v) is 1.59. The van der Waals surface area contributed by atoms with Crippen molar-refractivity contribution in [3.63, 3.8) is 0 Å². The standard InChI is InChI=1S/C5H12N2O/c1-4-5(7-6)2-3-8-4/h4-5,7H,2-3,6H2,1H3/t4-,5+/m0/s1. The van der Waals surface area contributed by atoms with Gasteiger partial charge in [0.25, 0.3) is 0 Å². The Kier molecular flexibility index (Phi) is 1.83. The largest absolute Gasteiger partial charge is 0.377 e. The normalized spacial score (nSPS) is 38.2. The molecule has 0 spiro atoms. The van der Waals surface area contributed by atoms with E-state index in [-0.39, 0.29) is 0 Å². The fourth-order valence-corrected chi connectivity index (χ4v) is 0.951. The van der Waals surface area contributed by atoms with Crippen molar-refractivity contribution in [1.29, 1.82) is 0 Å². The van der Waals surface area contributed by atoms with Crippen LogP contribution in [0.15, 0.2) is 0 Å². The van der Waals surface area contributed by atoms with Gasteiger partial charge in [-0.1, -0.05) is 0 Å². The van der Waals surface area contributed by atoms with Crippen LogP contribution in [0.3, 0.4) is 0 Å². The highest BCUT2D eigenvalue weighted by Crippen LogP contribution is 2.10. The van der Waals surface area contributed by atoms with Crippen LogP contribution in [-0.4, -0.2) is 18.8 Å². The van der Waals surface area contributed by atoms with Crippen molar-refractivity contribution in [1.82, 2.24) is 5.43 Å². The molecule has 8 heavy (non-hydrogen) atoms. The van der Waals surface area contributed by atoms with E-state index in [1.165, 1.54) is 0 Å². The maximum Gasteiger partial charge on any atom is 0.0714 e. The van der Waals surface area contributed by atoms with E-state index in [1.807, 2.05) is 6.92 Å². The summed E-state index contributed by atoms with van der Waals surface area (Å²) in [7, 11) is 0. The van der Waals surface area contributed by atoms with E-state index in [0.29, 0.717) is 12.1 Å². The third kappa shape index (κ3) is 0.992. The molecule has 3 heteroatoms. The molecule has 1 aliphatic rings. The summed E-state index contributed by atoms with van der Waals surface area (Å²) in [5.74, 6) is 5.19. The smallest absolute Gasteiger partial charge is 0.0714 e. The second-order valence-corrected chi connectivity index (χ2v) is 2.14. The molecule has 0 saturated carbocycles. The lowest BCUT2D eigenvalue weighted by atomic mass is 10.2. The van der Waals surface area contributed by atoms with Crippen molar-refractivity contribution in [2.45, 2.75) is 25.5 Å². The van der Waals surface area contributed by atoms with E-state index >= 15 is 0 Å². The fourth-order valence-electron chi connectivity index (χ4n) is 0.951. The highest BCUT2D eigenvalue weighted by atomic mass is 16.5. The minimum absolute atomic E-state index is 0.292. The van der Waals surface area contributed by atoms with Crippen molar-refractivity contribution >= 4 is 0 Å². The summed E-state index contributed by atoms with van der Waals surface area (Å²) in [4.78, 5) is 0. The Bertz CT molecular complexity index is 76.8. The van der Waals surface area contributed by atoms with Gasteiger partial charge in [-0.3, -0.25) is 11.3 Å². The van der Waals surface area contributed by atoms with Crippen LogP contribution in [0.4, 0.5) is 0 Å². The number of hydrogen-bond donors (Lipinski definition) is 2. The first-order chi connectivity index (χ1) is 3.84. The van der Waals surface area contributed by atoms with Crippen LogP contribution in [0.25, 0.3) is 0 Å². The molecule has 2 atom stereocenters. The van der Waals surface area contributed by atoms with Crippen molar-refractivity contribution in [3.05, 3.63) is 0 Å². The van der Waals surface area contributed by atoms with Gasteiger partial charge in [0.2, 0.25) is 0 Å². The summed E-state index contributed by atoms with van der Waals surface area (Å²) in [6.45, 7) is 2.87. The highest BCUT2D eigenvalue weighted by Gasteiger charge is 2.21. The van der Waals surface area contributed by atoms with Gasteiger partial charge in [0.15, 0.2) is 0 Å². The van der Waals surface area contributed by atoms with E-state index in [0.717, 1.165) is 13.0 Å². The molecule has 1 fully saturated rings. The zero-order valence-corrected chi connectivity index (χ0v) is 5.05. The summed E-state index contributed by atoms with van der Waals surface area (Å²) in [6, 6.07) is 0.370. The number of hydrazine groups is 1. The zero-order valence-electron chi connectivity index (χ0n) is 5.05. The predicted molar refractivity (Wildman–Crippen MR) is 31.1 cm³/mol. The Morgan fingerprint density at radius 1 is 1.75 bits per heavy atom. The molecule has 48 valence electrons. The fraction of sp³-hybridized carbons (Fsp3) is 1.00. The Balaban J connectivity index is 2.30. The number of nitrogens with one attached hydrogen (secondary N) is 1. The van der Waals surface area contributed by atoms with E-state index < -0.39 is 0 Å².